The van der Waals surface area contributed by atoms with E-state index in [2.05, 4.69) is 46.8 Å². The second-order valence-corrected chi connectivity index (χ2v) is 9.49. The summed E-state index contributed by atoms with van der Waals surface area (Å²) in [4.78, 5) is 29.3. The van der Waals surface area contributed by atoms with Gasteiger partial charge in [-0.1, -0.05) is 29.8 Å². The first kappa shape index (κ1) is 22.7. The number of hydrogen-bond donors (Lipinski definition) is 2. The number of rotatable bonds is 5. The van der Waals surface area contributed by atoms with E-state index < -0.39 is 5.41 Å². The molecule has 4 rings (SSSR count). The highest BCUT2D eigenvalue weighted by Gasteiger charge is 2.32. The van der Waals surface area contributed by atoms with Crippen LogP contribution in [0.5, 0.6) is 0 Å². The van der Waals surface area contributed by atoms with Crippen molar-refractivity contribution in [1.29, 1.82) is 0 Å². The molecule has 0 saturated carbocycles. The van der Waals surface area contributed by atoms with Crippen molar-refractivity contribution in [3.63, 3.8) is 0 Å². The predicted molar refractivity (Wildman–Crippen MR) is 127 cm³/mol. The summed E-state index contributed by atoms with van der Waals surface area (Å²) in [6, 6.07) is 15.6. The molecule has 1 fully saturated rings. The molecule has 0 spiro atoms. The first-order chi connectivity index (χ1) is 15.7. The molecule has 1 amide bonds. The van der Waals surface area contributed by atoms with Crippen LogP contribution in [0.3, 0.4) is 0 Å². The van der Waals surface area contributed by atoms with Gasteiger partial charge in [0.25, 0.3) is 5.91 Å². The summed E-state index contributed by atoms with van der Waals surface area (Å²) in [5.74, 6) is 0.438. The molecule has 1 aromatic heterocycles. The minimum Gasteiger partial charge on any atom is -0.446 e. The van der Waals surface area contributed by atoms with Gasteiger partial charge < -0.3 is 10.1 Å². The van der Waals surface area contributed by atoms with Crippen LogP contribution in [0, 0.1) is 12.3 Å². The number of nitrogens with zero attached hydrogens (tertiary/aromatic N) is 2. The molecule has 1 aliphatic rings. The molecule has 7 nitrogen and oxygen atoms in total. The highest BCUT2D eigenvalue weighted by molar-refractivity contribution is 5.94. The number of carbonyl (C=O) groups is 2. The standard InChI is InChI=1S/C26H30N4O3/c1-17-5-7-18(8-6-17)23-27-13-14-30(23)21-11-9-19(10-12-21)24(31)29-20-15-22(28-16-20)33-25(32)26(2,3)4/h5-14,20,22,28H,15-16H2,1-4H3,(H,29,31)/t20-,22?/m1/s1. The maximum absolute atomic E-state index is 12.7. The Bertz CT molecular complexity index is 1130. The molecule has 1 saturated heterocycles. The van der Waals surface area contributed by atoms with Crippen LogP contribution in [-0.4, -0.2) is 40.2 Å². The number of amides is 1. The Morgan fingerprint density at radius 1 is 1.09 bits per heavy atom. The van der Waals surface area contributed by atoms with Gasteiger partial charge in [-0.15, -0.1) is 0 Å². The van der Waals surface area contributed by atoms with Gasteiger partial charge in [-0.25, -0.2) is 4.98 Å². The molecule has 3 aromatic rings. The highest BCUT2D eigenvalue weighted by Crippen LogP contribution is 2.23. The lowest BCUT2D eigenvalue weighted by Gasteiger charge is -2.20. The Morgan fingerprint density at radius 3 is 2.45 bits per heavy atom. The SMILES string of the molecule is Cc1ccc(-c2nccn2-c2ccc(C(=O)N[C@H]3CNC(OC(=O)C(C)(C)C)C3)cc2)cc1. The number of aryl methyl sites for hydroxylation is 1. The van der Waals surface area contributed by atoms with Gasteiger partial charge in [-0.2, -0.15) is 0 Å². The summed E-state index contributed by atoms with van der Waals surface area (Å²) >= 11 is 0. The lowest BCUT2D eigenvalue weighted by Crippen LogP contribution is -2.36. The molecule has 2 N–H and O–H groups in total. The molecule has 2 aromatic carbocycles. The van der Waals surface area contributed by atoms with Crippen molar-refractivity contribution in [2.45, 2.75) is 46.4 Å². The van der Waals surface area contributed by atoms with Gasteiger partial charge in [-0.05, 0) is 52.0 Å². The normalized spacial score (nSPS) is 18.2. The zero-order valence-corrected chi connectivity index (χ0v) is 19.5. The number of aromatic nitrogens is 2. The van der Waals surface area contributed by atoms with Gasteiger partial charge in [0.1, 0.15) is 5.82 Å². The Hall–Kier alpha value is -3.45. The van der Waals surface area contributed by atoms with E-state index in [4.69, 9.17) is 4.74 Å². The Balaban J connectivity index is 1.39. The first-order valence-electron chi connectivity index (χ1n) is 11.2. The third-order valence-corrected chi connectivity index (χ3v) is 5.65. The van der Waals surface area contributed by atoms with Gasteiger partial charge in [0.15, 0.2) is 6.23 Å². The van der Waals surface area contributed by atoms with Crippen LogP contribution in [0.4, 0.5) is 0 Å². The van der Waals surface area contributed by atoms with Gasteiger partial charge in [-0.3, -0.25) is 19.5 Å². The summed E-state index contributed by atoms with van der Waals surface area (Å²) in [5, 5.41) is 6.17. The average Bonchev–Trinajstić information content (AvgIpc) is 3.43. The van der Waals surface area contributed by atoms with Crippen LogP contribution in [0.15, 0.2) is 60.9 Å². The van der Waals surface area contributed by atoms with Crippen molar-refractivity contribution in [2.24, 2.45) is 5.41 Å². The van der Waals surface area contributed by atoms with Crippen LogP contribution >= 0.6 is 0 Å². The van der Waals surface area contributed by atoms with E-state index in [1.807, 2.05) is 55.8 Å². The maximum Gasteiger partial charge on any atom is 0.312 e. The van der Waals surface area contributed by atoms with E-state index in [1.165, 1.54) is 5.56 Å². The Kier molecular flexibility index (Phi) is 6.33. The number of imidazole rings is 1. The molecule has 2 heterocycles. The third-order valence-electron chi connectivity index (χ3n) is 5.65. The molecule has 0 bridgehead atoms. The summed E-state index contributed by atoms with van der Waals surface area (Å²) < 4.78 is 7.50. The molecule has 33 heavy (non-hydrogen) atoms. The number of hydrogen-bond acceptors (Lipinski definition) is 5. The van der Waals surface area contributed by atoms with Crippen LogP contribution in [0.2, 0.25) is 0 Å². The van der Waals surface area contributed by atoms with E-state index in [0.29, 0.717) is 18.5 Å². The van der Waals surface area contributed by atoms with Crippen molar-refractivity contribution in [3.8, 4) is 17.1 Å². The first-order valence-corrected chi connectivity index (χ1v) is 11.2. The Morgan fingerprint density at radius 2 is 1.79 bits per heavy atom. The second-order valence-electron chi connectivity index (χ2n) is 9.49. The topological polar surface area (TPSA) is 85.2 Å². The van der Waals surface area contributed by atoms with Crippen molar-refractivity contribution >= 4 is 11.9 Å². The minimum absolute atomic E-state index is 0.100. The monoisotopic (exact) mass is 446 g/mol. The van der Waals surface area contributed by atoms with Crippen molar-refractivity contribution in [1.82, 2.24) is 20.2 Å². The molecule has 1 unspecified atom stereocenters. The molecule has 2 atom stereocenters. The third kappa shape index (κ3) is 5.31. The van der Waals surface area contributed by atoms with Crippen molar-refractivity contribution in [2.75, 3.05) is 6.54 Å². The molecule has 1 aliphatic heterocycles. The van der Waals surface area contributed by atoms with Crippen LogP contribution in [-0.2, 0) is 9.53 Å². The number of nitrogens with one attached hydrogen (secondary N) is 2. The van der Waals surface area contributed by atoms with Gasteiger partial charge in [0.05, 0.1) is 5.41 Å². The van der Waals surface area contributed by atoms with Crippen molar-refractivity contribution in [3.05, 3.63) is 72.1 Å². The zero-order chi connectivity index (χ0) is 23.6. The quantitative estimate of drug-likeness (QED) is 0.582. The van der Waals surface area contributed by atoms with E-state index in [1.54, 1.807) is 6.20 Å². The van der Waals surface area contributed by atoms with E-state index in [9.17, 15) is 9.59 Å². The molecule has 172 valence electrons. The second kappa shape index (κ2) is 9.19. The highest BCUT2D eigenvalue weighted by atomic mass is 16.6. The fraction of sp³-hybridized carbons (Fsp3) is 0.346. The molecular formula is C26H30N4O3. The fourth-order valence-corrected chi connectivity index (χ4v) is 3.67. The summed E-state index contributed by atoms with van der Waals surface area (Å²) in [7, 11) is 0. The van der Waals surface area contributed by atoms with Crippen LogP contribution in [0.1, 0.15) is 43.1 Å². The van der Waals surface area contributed by atoms with Gasteiger partial charge in [0.2, 0.25) is 0 Å². The summed E-state index contributed by atoms with van der Waals surface area (Å²) in [5.41, 5.74) is 3.17. The van der Waals surface area contributed by atoms with Gasteiger partial charge >= 0.3 is 5.97 Å². The smallest absolute Gasteiger partial charge is 0.312 e. The summed E-state index contributed by atoms with van der Waals surface area (Å²) in [6.07, 6.45) is 3.84. The molecule has 0 radical (unpaired) electrons. The fourth-order valence-electron chi connectivity index (χ4n) is 3.67. The largest absolute Gasteiger partial charge is 0.446 e. The van der Waals surface area contributed by atoms with E-state index in [0.717, 1.165) is 17.1 Å². The molecule has 7 heteroatoms. The number of esters is 1. The molecule has 0 aliphatic carbocycles. The maximum atomic E-state index is 12.7. The Labute approximate surface area is 194 Å². The lowest BCUT2D eigenvalue weighted by molar-refractivity contribution is -0.159. The molecular weight excluding hydrogens is 416 g/mol. The van der Waals surface area contributed by atoms with Crippen LogP contribution in [0.25, 0.3) is 17.1 Å². The number of benzene rings is 2. The van der Waals surface area contributed by atoms with Crippen LogP contribution < -0.4 is 10.6 Å². The van der Waals surface area contributed by atoms with E-state index >= 15 is 0 Å². The van der Waals surface area contributed by atoms with E-state index in [-0.39, 0.29) is 24.1 Å². The average molecular weight is 447 g/mol. The summed E-state index contributed by atoms with van der Waals surface area (Å²) in [6.45, 7) is 8.07. The lowest BCUT2D eigenvalue weighted by atomic mass is 9.97. The number of carbonyl (C=O) groups excluding carboxylic acids is 2. The zero-order valence-electron chi connectivity index (χ0n) is 19.5. The predicted octanol–water partition coefficient (Wildman–Crippen LogP) is 3.85. The number of ether oxygens (including phenoxy) is 1. The minimum atomic E-state index is -0.556. The van der Waals surface area contributed by atoms with Gasteiger partial charge in [0, 0.05) is 48.2 Å². The van der Waals surface area contributed by atoms with Crippen molar-refractivity contribution < 1.29 is 14.3 Å².